The lowest BCUT2D eigenvalue weighted by Crippen LogP contribution is -2.45. The van der Waals surface area contributed by atoms with E-state index in [0.717, 1.165) is 56.5 Å². The first-order valence-corrected chi connectivity index (χ1v) is 26.3. The topological polar surface area (TPSA) is 16.4 Å². The van der Waals surface area contributed by atoms with E-state index in [4.69, 9.17) is 4.42 Å². The van der Waals surface area contributed by atoms with E-state index in [1.165, 1.54) is 77.9 Å². The summed E-state index contributed by atoms with van der Waals surface area (Å²) in [6, 6.07) is 86.8. The van der Waals surface area contributed by atoms with Crippen molar-refractivity contribution >= 4 is 39.0 Å². The molecule has 0 aliphatic heterocycles. The van der Waals surface area contributed by atoms with E-state index in [1.807, 2.05) is 6.07 Å². The van der Waals surface area contributed by atoms with Crippen molar-refractivity contribution in [3.05, 3.63) is 304 Å². The van der Waals surface area contributed by atoms with Gasteiger partial charge in [0.25, 0.3) is 0 Å². The maximum absolute atomic E-state index is 6.62. The van der Waals surface area contributed by atoms with Crippen LogP contribution >= 0.6 is 0 Å². The first-order chi connectivity index (χ1) is 36.4. The van der Waals surface area contributed by atoms with Gasteiger partial charge < -0.3 is 9.32 Å². The van der Waals surface area contributed by atoms with Gasteiger partial charge in [-0.2, -0.15) is 0 Å². The second-order valence-electron chi connectivity index (χ2n) is 21.5. The van der Waals surface area contributed by atoms with E-state index in [0.29, 0.717) is 5.92 Å². The van der Waals surface area contributed by atoms with Crippen LogP contribution in [-0.2, 0) is 16.2 Å². The predicted molar refractivity (Wildman–Crippen MR) is 306 cm³/mol. The molecule has 2 unspecified atom stereocenters. The Morgan fingerprint density at radius 2 is 1.03 bits per heavy atom. The molecule has 15 rings (SSSR count). The summed E-state index contributed by atoms with van der Waals surface area (Å²) in [5, 5.41) is 2.26. The van der Waals surface area contributed by atoms with E-state index in [-0.39, 0.29) is 5.41 Å². The number of anilines is 3. The molecule has 74 heavy (non-hydrogen) atoms. The highest BCUT2D eigenvalue weighted by Gasteiger charge is 2.58. The molecule has 0 bridgehead atoms. The average Bonchev–Trinajstić information content (AvgIpc) is 4.17. The largest absolute Gasteiger partial charge is 0.455 e. The Bertz CT molecular complexity index is 4170. The minimum Gasteiger partial charge on any atom is -0.455 e. The number of hydrogen-bond donors (Lipinski definition) is 0. The van der Waals surface area contributed by atoms with Gasteiger partial charge in [-0.1, -0.05) is 239 Å². The molecule has 0 saturated carbocycles. The summed E-state index contributed by atoms with van der Waals surface area (Å²) < 4.78 is 6.62. The zero-order valence-electron chi connectivity index (χ0n) is 41.8. The number of hydrogen-bond acceptors (Lipinski definition) is 2. The van der Waals surface area contributed by atoms with Crippen LogP contribution in [0, 0.1) is 5.92 Å². The van der Waals surface area contributed by atoms with E-state index < -0.39 is 10.8 Å². The van der Waals surface area contributed by atoms with Crippen LogP contribution in [-0.4, -0.2) is 0 Å². The minimum absolute atomic E-state index is 0.193. The highest BCUT2D eigenvalue weighted by Crippen LogP contribution is 2.67. The minimum atomic E-state index is -0.695. The standard InChI is InChI=1S/C72H53NO/c1-46-20-17-23-49(44-46)71(61-32-12-13-33-62(61)72(48-21-5-4-6-22-48)60-31-11-8-25-54(60)57-28-19-35-64(71)68(57)72)63-34-14-15-36-66(63)73(51-42-43-55-53-24-7-10-30-59(53)70(2,3)65(55)45-51)50-40-38-47(39-41-50)52-27-18-29-58-56-26-9-16-37-67(56)74-69(52)58/h4-43,45-46H,44H2,1-3H3/t46-,71?,72?/m1/s1. The molecule has 0 N–H and O–H groups in total. The normalized spacial score (nSPS) is 19.3. The maximum atomic E-state index is 6.62. The summed E-state index contributed by atoms with van der Waals surface area (Å²) in [6.45, 7) is 7.15. The van der Waals surface area contributed by atoms with Crippen LogP contribution in [0.3, 0.4) is 0 Å². The van der Waals surface area contributed by atoms with Crippen molar-refractivity contribution in [2.45, 2.75) is 43.4 Å². The van der Waals surface area contributed by atoms with Gasteiger partial charge in [0.15, 0.2) is 0 Å². The van der Waals surface area contributed by atoms with Crippen LogP contribution in [0.2, 0.25) is 0 Å². The van der Waals surface area contributed by atoms with Gasteiger partial charge in [-0.25, -0.2) is 0 Å². The van der Waals surface area contributed by atoms with Crippen LogP contribution in [0.1, 0.15) is 77.3 Å². The number of nitrogens with zero attached hydrogens (tertiary/aromatic N) is 1. The summed E-state index contributed by atoms with van der Waals surface area (Å²) >= 11 is 0. The molecule has 4 aliphatic rings. The number of para-hydroxylation sites is 3. The van der Waals surface area contributed by atoms with Crippen LogP contribution in [0.5, 0.6) is 0 Å². The summed E-state index contributed by atoms with van der Waals surface area (Å²) in [5.41, 5.74) is 24.6. The Kier molecular flexibility index (Phi) is 9.21. The van der Waals surface area contributed by atoms with E-state index >= 15 is 0 Å². The van der Waals surface area contributed by atoms with Gasteiger partial charge >= 0.3 is 0 Å². The molecule has 0 saturated heterocycles. The fraction of sp³-hybridized carbons (Fsp3) is 0.111. The molecule has 1 heterocycles. The Morgan fingerprint density at radius 1 is 0.446 bits per heavy atom. The second kappa shape index (κ2) is 15.9. The van der Waals surface area contributed by atoms with Crippen molar-refractivity contribution in [3.8, 4) is 33.4 Å². The highest BCUT2D eigenvalue weighted by molar-refractivity contribution is 6.09. The number of benzene rings is 10. The third-order valence-electron chi connectivity index (χ3n) is 17.4. The lowest BCUT2D eigenvalue weighted by Gasteiger charge is -2.51. The molecule has 3 atom stereocenters. The molecule has 4 aliphatic carbocycles. The van der Waals surface area contributed by atoms with Gasteiger partial charge in [0.2, 0.25) is 0 Å². The van der Waals surface area contributed by atoms with Crippen molar-refractivity contribution in [2.75, 3.05) is 4.90 Å². The third kappa shape index (κ3) is 5.71. The summed E-state index contributed by atoms with van der Waals surface area (Å²) in [5.74, 6) is 0.349. The second-order valence-corrected chi connectivity index (χ2v) is 21.5. The van der Waals surface area contributed by atoms with Crippen molar-refractivity contribution in [1.82, 2.24) is 0 Å². The zero-order chi connectivity index (χ0) is 49.3. The number of rotatable bonds is 7. The molecule has 352 valence electrons. The van der Waals surface area contributed by atoms with Gasteiger partial charge in [0, 0.05) is 33.1 Å². The molecule has 0 spiro atoms. The van der Waals surface area contributed by atoms with Gasteiger partial charge in [-0.15, -0.1) is 0 Å². The molecule has 0 amide bonds. The van der Waals surface area contributed by atoms with E-state index in [9.17, 15) is 0 Å². The zero-order valence-corrected chi connectivity index (χ0v) is 41.8. The molecule has 0 fully saturated rings. The van der Waals surface area contributed by atoms with Gasteiger partial charge in [0.05, 0.1) is 16.5 Å². The number of furan rings is 1. The predicted octanol–water partition coefficient (Wildman–Crippen LogP) is 18.6. The first-order valence-electron chi connectivity index (χ1n) is 26.3. The summed E-state index contributed by atoms with van der Waals surface area (Å²) in [4.78, 5) is 2.56. The lowest BCUT2D eigenvalue weighted by molar-refractivity contribution is 0.566. The Morgan fingerprint density at radius 3 is 1.82 bits per heavy atom. The van der Waals surface area contributed by atoms with Crippen molar-refractivity contribution < 1.29 is 4.42 Å². The SMILES string of the molecule is C[C@@H]1C=CC=C(C2(c3ccccc3N(c3ccc(-c4cccc5c4oc4ccccc45)cc3)c3ccc4c(c3)C(C)(C)c3ccccc3-4)c3ccccc3C3(c4ccccc4)c4ccccc4-c4cccc2c43)C1. The fourth-order valence-corrected chi connectivity index (χ4v) is 14.3. The summed E-state index contributed by atoms with van der Waals surface area (Å²) in [6.07, 6.45) is 8.08. The van der Waals surface area contributed by atoms with Gasteiger partial charge in [-0.05, 0) is 127 Å². The smallest absolute Gasteiger partial charge is 0.143 e. The Balaban J connectivity index is 1.02. The van der Waals surface area contributed by atoms with Crippen molar-refractivity contribution in [1.29, 1.82) is 0 Å². The fourth-order valence-electron chi connectivity index (χ4n) is 14.3. The van der Waals surface area contributed by atoms with Crippen LogP contribution in [0.25, 0.3) is 55.3 Å². The van der Waals surface area contributed by atoms with Gasteiger partial charge in [-0.3, -0.25) is 0 Å². The van der Waals surface area contributed by atoms with Crippen LogP contribution < -0.4 is 4.90 Å². The highest BCUT2D eigenvalue weighted by atomic mass is 16.3. The van der Waals surface area contributed by atoms with Crippen molar-refractivity contribution in [2.24, 2.45) is 5.92 Å². The van der Waals surface area contributed by atoms with Gasteiger partial charge in [0.1, 0.15) is 11.2 Å². The number of allylic oxidation sites excluding steroid dienone is 4. The van der Waals surface area contributed by atoms with E-state index in [2.05, 4.69) is 268 Å². The molecule has 0 radical (unpaired) electrons. The maximum Gasteiger partial charge on any atom is 0.143 e. The number of fused-ring (bicyclic) bond motifs is 11. The molecule has 2 nitrogen and oxygen atoms in total. The molecule has 1 aromatic heterocycles. The van der Waals surface area contributed by atoms with Crippen LogP contribution in [0.4, 0.5) is 17.1 Å². The average molecular weight is 948 g/mol. The first kappa shape index (κ1) is 42.9. The Hall–Kier alpha value is -8.72. The quantitative estimate of drug-likeness (QED) is 0.158. The molecular formula is C72H53NO. The monoisotopic (exact) mass is 947 g/mol. The molecule has 10 aromatic carbocycles. The summed E-state index contributed by atoms with van der Waals surface area (Å²) in [7, 11) is 0. The van der Waals surface area contributed by atoms with E-state index in [1.54, 1.807) is 0 Å². The molecule has 2 heteroatoms. The molecule has 11 aromatic rings. The van der Waals surface area contributed by atoms with Crippen molar-refractivity contribution in [3.63, 3.8) is 0 Å². The third-order valence-corrected chi connectivity index (χ3v) is 17.4. The van der Waals surface area contributed by atoms with Crippen LogP contribution in [0.15, 0.2) is 259 Å². The Labute approximate surface area is 433 Å². The molecular weight excluding hydrogens is 895 g/mol. The lowest BCUT2D eigenvalue weighted by atomic mass is 9.50.